The van der Waals surface area contributed by atoms with Gasteiger partial charge in [-0.3, -0.25) is 0 Å². The molecule has 0 aliphatic heterocycles. The Morgan fingerprint density at radius 2 is 2.14 bits per heavy atom. The van der Waals surface area contributed by atoms with Gasteiger partial charge in [-0.15, -0.1) is 11.3 Å². The molecule has 0 fully saturated rings. The van der Waals surface area contributed by atoms with Crippen LogP contribution in [0.2, 0.25) is 10.3 Å². The zero-order chi connectivity index (χ0) is 15.0. The van der Waals surface area contributed by atoms with Crippen LogP contribution in [0.1, 0.15) is 10.4 Å². The third-order valence-electron chi connectivity index (χ3n) is 2.91. The molecule has 0 saturated carbocycles. The Kier molecular flexibility index (Phi) is 3.80. The second kappa shape index (κ2) is 5.60. The Hall–Kier alpha value is -1.69. The molecule has 0 radical (unpaired) electrons. The number of thiophene rings is 1. The molecule has 3 rings (SSSR count). The molecule has 0 amide bonds. The molecule has 4 nitrogen and oxygen atoms in total. The van der Waals surface area contributed by atoms with Gasteiger partial charge in [0.2, 0.25) is 5.28 Å². The van der Waals surface area contributed by atoms with Crippen molar-refractivity contribution >= 4 is 50.6 Å². The topological polar surface area (TPSA) is 52.1 Å². The molecule has 0 spiro atoms. The van der Waals surface area contributed by atoms with Gasteiger partial charge in [0.1, 0.15) is 5.69 Å². The molecule has 0 N–H and O–H groups in total. The molecule has 0 saturated heterocycles. The van der Waals surface area contributed by atoms with Gasteiger partial charge < -0.3 is 4.74 Å². The van der Waals surface area contributed by atoms with Gasteiger partial charge >= 0.3 is 5.97 Å². The number of halogens is 2. The number of rotatable bonds is 2. The molecule has 106 valence electrons. The largest absolute Gasteiger partial charge is 0.465 e. The normalized spacial score (nSPS) is 10.8. The third-order valence-corrected chi connectivity index (χ3v) is 4.48. The molecule has 1 aromatic carbocycles. The van der Waals surface area contributed by atoms with Crippen LogP contribution < -0.4 is 0 Å². The molecular formula is C14H8Cl2N2O2S. The first-order valence-corrected chi connectivity index (χ1v) is 7.46. The summed E-state index contributed by atoms with van der Waals surface area (Å²) in [7, 11) is 1.36. The van der Waals surface area contributed by atoms with E-state index in [1.165, 1.54) is 24.6 Å². The Balaban J connectivity index is 2.22. The number of methoxy groups -OCH3 is 1. The highest BCUT2D eigenvalue weighted by Crippen LogP contribution is 2.37. The minimum atomic E-state index is -0.378. The fourth-order valence-electron chi connectivity index (χ4n) is 1.98. The summed E-state index contributed by atoms with van der Waals surface area (Å²) < 4.78 is 5.74. The molecule has 2 heterocycles. The van der Waals surface area contributed by atoms with Crippen LogP contribution in [-0.4, -0.2) is 23.0 Å². The molecule has 3 aromatic rings. The minimum absolute atomic E-state index is 0.125. The maximum atomic E-state index is 11.8. The molecule has 0 aliphatic carbocycles. The fourth-order valence-corrected chi connectivity index (χ4v) is 3.46. The highest BCUT2D eigenvalue weighted by molar-refractivity contribution is 7.22. The molecule has 0 aliphatic rings. The predicted molar refractivity (Wildman–Crippen MR) is 84.2 cm³/mol. The highest BCUT2D eigenvalue weighted by atomic mass is 35.5. The molecular weight excluding hydrogens is 331 g/mol. The number of aromatic nitrogens is 2. The van der Waals surface area contributed by atoms with Crippen molar-refractivity contribution in [3.8, 4) is 10.6 Å². The molecule has 7 heteroatoms. The summed E-state index contributed by atoms with van der Waals surface area (Å²) in [5.74, 6) is -0.378. The van der Waals surface area contributed by atoms with Gasteiger partial charge in [-0.1, -0.05) is 17.7 Å². The first-order valence-electron chi connectivity index (χ1n) is 5.89. The number of nitrogens with zero attached hydrogens (tertiary/aromatic N) is 2. The lowest BCUT2D eigenvalue weighted by Crippen LogP contribution is -2.00. The van der Waals surface area contributed by atoms with Gasteiger partial charge in [0, 0.05) is 10.1 Å². The SMILES string of the molecule is COC(=O)c1cccc2sc(-c3nc(Cl)ncc3Cl)cc12. The van der Waals surface area contributed by atoms with Crippen molar-refractivity contribution in [2.24, 2.45) is 0 Å². The summed E-state index contributed by atoms with van der Waals surface area (Å²) >= 11 is 13.4. The van der Waals surface area contributed by atoms with E-state index in [1.54, 1.807) is 6.07 Å². The molecule has 0 unspecified atom stereocenters. The van der Waals surface area contributed by atoms with Crippen LogP contribution in [0, 0.1) is 0 Å². The van der Waals surface area contributed by atoms with E-state index in [0.717, 1.165) is 15.0 Å². The monoisotopic (exact) mass is 338 g/mol. The second-order valence-corrected chi connectivity index (χ2v) is 5.98. The van der Waals surface area contributed by atoms with E-state index in [0.29, 0.717) is 16.3 Å². The maximum absolute atomic E-state index is 11.8. The van der Waals surface area contributed by atoms with Crippen LogP contribution >= 0.6 is 34.5 Å². The van der Waals surface area contributed by atoms with Crippen molar-refractivity contribution in [1.82, 2.24) is 9.97 Å². The van der Waals surface area contributed by atoms with Crippen molar-refractivity contribution in [2.75, 3.05) is 7.11 Å². The number of hydrogen-bond donors (Lipinski definition) is 0. The number of hydrogen-bond acceptors (Lipinski definition) is 5. The lowest BCUT2D eigenvalue weighted by molar-refractivity contribution is 0.0603. The average molecular weight is 339 g/mol. The average Bonchev–Trinajstić information content (AvgIpc) is 2.92. The van der Waals surface area contributed by atoms with Crippen molar-refractivity contribution in [3.63, 3.8) is 0 Å². The van der Waals surface area contributed by atoms with Crippen LogP contribution in [0.5, 0.6) is 0 Å². The zero-order valence-electron chi connectivity index (χ0n) is 10.8. The highest BCUT2D eigenvalue weighted by Gasteiger charge is 2.16. The predicted octanol–water partition coefficient (Wildman–Crippen LogP) is 4.45. The lowest BCUT2D eigenvalue weighted by Gasteiger charge is -2.00. The Morgan fingerprint density at radius 1 is 1.33 bits per heavy atom. The zero-order valence-corrected chi connectivity index (χ0v) is 13.1. The van der Waals surface area contributed by atoms with E-state index in [1.807, 2.05) is 18.2 Å². The van der Waals surface area contributed by atoms with Gasteiger partial charge in [0.25, 0.3) is 0 Å². The molecule has 0 atom stereocenters. The summed E-state index contributed by atoms with van der Waals surface area (Å²) in [5, 5.41) is 1.33. The second-order valence-electron chi connectivity index (χ2n) is 4.16. The smallest absolute Gasteiger partial charge is 0.338 e. The van der Waals surface area contributed by atoms with Gasteiger partial charge in [-0.25, -0.2) is 14.8 Å². The van der Waals surface area contributed by atoms with Crippen LogP contribution in [-0.2, 0) is 4.74 Å². The van der Waals surface area contributed by atoms with Crippen molar-refractivity contribution in [1.29, 1.82) is 0 Å². The van der Waals surface area contributed by atoms with E-state index < -0.39 is 0 Å². The number of carbonyl (C=O) groups is 1. The van der Waals surface area contributed by atoms with Gasteiger partial charge in [-0.05, 0) is 29.8 Å². The van der Waals surface area contributed by atoms with Crippen LogP contribution in [0.4, 0.5) is 0 Å². The molecule has 21 heavy (non-hydrogen) atoms. The Labute approximate surface area is 134 Å². The number of fused-ring (bicyclic) bond motifs is 1. The van der Waals surface area contributed by atoms with Crippen LogP contribution in [0.3, 0.4) is 0 Å². The third kappa shape index (κ3) is 2.60. The van der Waals surface area contributed by atoms with Crippen LogP contribution in [0.25, 0.3) is 20.7 Å². The van der Waals surface area contributed by atoms with E-state index in [-0.39, 0.29) is 11.3 Å². The van der Waals surface area contributed by atoms with Gasteiger partial charge in [-0.2, -0.15) is 0 Å². The van der Waals surface area contributed by atoms with Crippen molar-refractivity contribution in [2.45, 2.75) is 0 Å². The van der Waals surface area contributed by atoms with Crippen molar-refractivity contribution < 1.29 is 9.53 Å². The summed E-state index contributed by atoms with van der Waals surface area (Å²) in [6.07, 6.45) is 1.46. The first kappa shape index (κ1) is 14.3. The summed E-state index contributed by atoms with van der Waals surface area (Å²) in [6, 6.07) is 7.31. The summed E-state index contributed by atoms with van der Waals surface area (Å²) in [4.78, 5) is 20.6. The number of carbonyl (C=O) groups excluding carboxylic acids is 1. The summed E-state index contributed by atoms with van der Waals surface area (Å²) in [5.41, 5.74) is 1.06. The van der Waals surface area contributed by atoms with E-state index in [2.05, 4.69) is 9.97 Å². The van der Waals surface area contributed by atoms with E-state index in [4.69, 9.17) is 27.9 Å². The number of ether oxygens (including phenoxy) is 1. The number of benzene rings is 1. The molecule has 2 aromatic heterocycles. The van der Waals surface area contributed by atoms with E-state index in [9.17, 15) is 4.79 Å². The van der Waals surface area contributed by atoms with Gasteiger partial charge in [0.05, 0.1) is 28.8 Å². The standard InChI is InChI=1S/C14H8Cl2N2O2S/c1-20-13(19)7-3-2-4-10-8(7)5-11(21-10)12-9(15)6-17-14(16)18-12/h2-6H,1H3. The number of esters is 1. The van der Waals surface area contributed by atoms with Crippen molar-refractivity contribution in [3.05, 3.63) is 46.3 Å². The van der Waals surface area contributed by atoms with Crippen LogP contribution in [0.15, 0.2) is 30.5 Å². The fraction of sp³-hybridized carbons (Fsp3) is 0.0714. The first-order chi connectivity index (χ1) is 10.1. The Morgan fingerprint density at radius 3 is 2.90 bits per heavy atom. The van der Waals surface area contributed by atoms with E-state index >= 15 is 0 Å². The van der Waals surface area contributed by atoms with Gasteiger partial charge in [0.15, 0.2) is 0 Å². The quantitative estimate of drug-likeness (QED) is 0.511. The molecule has 0 bridgehead atoms. The maximum Gasteiger partial charge on any atom is 0.338 e. The summed E-state index contributed by atoms with van der Waals surface area (Å²) in [6.45, 7) is 0. The minimum Gasteiger partial charge on any atom is -0.465 e. The lowest BCUT2D eigenvalue weighted by atomic mass is 10.1. The Bertz CT molecular complexity index is 848.